The van der Waals surface area contributed by atoms with Crippen LogP contribution < -0.4 is 4.90 Å². The van der Waals surface area contributed by atoms with Crippen LogP contribution in [0.2, 0.25) is 0 Å². The lowest BCUT2D eigenvalue weighted by molar-refractivity contribution is -0.135. The van der Waals surface area contributed by atoms with Gasteiger partial charge >= 0.3 is 0 Å². The Labute approximate surface area is 211 Å². The van der Waals surface area contributed by atoms with Gasteiger partial charge in [-0.1, -0.05) is 103 Å². The number of halogens is 1. The zero-order valence-electron chi connectivity index (χ0n) is 18.6. The van der Waals surface area contributed by atoms with E-state index in [1.807, 2.05) is 97.1 Å². The van der Waals surface area contributed by atoms with E-state index in [1.165, 1.54) is 0 Å². The third kappa shape index (κ3) is 3.27. The van der Waals surface area contributed by atoms with Crippen LogP contribution in [0.1, 0.15) is 27.0 Å². The van der Waals surface area contributed by atoms with E-state index in [0.717, 1.165) is 21.3 Å². The first kappa shape index (κ1) is 21.6. The first-order valence-electron chi connectivity index (χ1n) is 11.3. The number of amides is 1. The SMILES string of the molecule is O=C(C1=C(c2ccccc2)O[C@@]12C(=O)N(Cc1ccccc1)c1c(Br)cccc12)c1ccccc1. The second-order valence-electron chi connectivity index (χ2n) is 8.56. The third-order valence-corrected chi connectivity index (χ3v) is 7.14. The number of nitrogens with zero attached hydrogens (tertiary/aromatic N) is 1. The lowest BCUT2D eigenvalue weighted by atomic mass is 9.76. The van der Waals surface area contributed by atoms with E-state index in [-0.39, 0.29) is 11.7 Å². The highest BCUT2D eigenvalue weighted by Crippen LogP contribution is 2.59. The average molecular weight is 522 g/mol. The van der Waals surface area contributed by atoms with Gasteiger partial charge in [0.1, 0.15) is 11.3 Å². The number of anilines is 1. The van der Waals surface area contributed by atoms with Crippen LogP contribution in [0, 0.1) is 0 Å². The Hall–Kier alpha value is -3.96. The summed E-state index contributed by atoms with van der Waals surface area (Å²) in [4.78, 5) is 29.9. The molecule has 1 spiro atoms. The molecule has 0 saturated heterocycles. The summed E-state index contributed by atoms with van der Waals surface area (Å²) in [6.07, 6.45) is 0. The van der Waals surface area contributed by atoms with Crippen LogP contribution in [0.3, 0.4) is 0 Å². The summed E-state index contributed by atoms with van der Waals surface area (Å²) in [7, 11) is 0. The number of hydrogen-bond donors (Lipinski definition) is 0. The van der Waals surface area contributed by atoms with E-state index < -0.39 is 5.60 Å². The van der Waals surface area contributed by atoms with Crippen LogP contribution in [0.5, 0.6) is 0 Å². The van der Waals surface area contributed by atoms with E-state index in [2.05, 4.69) is 15.9 Å². The van der Waals surface area contributed by atoms with Gasteiger partial charge in [0.25, 0.3) is 5.91 Å². The molecule has 5 heteroatoms. The van der Waals surface area contributed by atoms with Crippen LogP contribution in [0.15, 0.2) is 119 Å². The maximum atomic E-state index is 14.2. The van der Waals surface area contributed by atoms with Gasteiger partial charge in [0, 0.05) is 21.2 Å². The fourth-order valence-electron chi connectivity index (χ4n) is 4.90. The maximum absolute atomic E-state index is 14.2. The fraction of sp³-hybridized carbons (Fsp3) is 0.0667. The predicted molar refractivity (Wildman–Crippen MR) is 139 cm³/mol. The summed E-state index contributed by atoms with van der Waals surface area (Å²) in [5.74, 6) is -0.0287. The van der Waals surface area contributed by atoms with Gasteiger partial charge in [0.15, 0.2) is 5.78 Å². The molecule has 2 aliphatic heterocycles. The number of rotatable bonds is 5. The molecular weight excluding hydrogens is 502 g/mol. The van der Waals surface area contributed by atoms with Crippen molar-refractivity contribution in [2.45, 2.75) is 12.1 Å². The van der Waals surface area contributed by atoms with Crippen LogP contribution in [-0.4, -0.2) is 11.7 Å². The van der Waals surface area contributed by atoms with Gasteiger partial charge < -0.3 is 9.64 Å². The van der Waals surface area contributed by atoms with Crippen LogP contribution in [0.25, 0.3) is 5.76 Å². The molecule has 0 bridgehead atoms. The fourth-order valence-corrected chi connectivity index (χ4v) is 5.48. The molecule has 0 aromatic heterocycles. The van der Waals surface area contributed by atoms with Crippen molar-refractivity contribution in [3.8, 4) is 0 Å². The number of hydrogen-bond acceptors (Lipinski definition) is 3. The monoisotopic (exact) mass is 521 g/mol. The molecule has 4 nitrogen and oxygen atoms in total. The molecule has 0 N–H and O–H groups in total. The molecule has 2 heterocycles. The molecule has 0 fully saturated rings. The lowest BCUT2D eigenvalue weighted by Crippen LogP contribution is -2.51. The topological polar surface area (TPSA) is 46.6 Å². The van der Waals surface area contributed by atoms with E-state index in [0.29, 0.717) is 29.0 Å². The lowest BCUT2D eigenvalue weighted by Gasteiger charge is -2.41. The number of carbonyl (C=O) groups excluding carboxylic acids is 2. The first-order chi connectivity index (χ1) is 17.1. The molecule has 4 aromatic carbocycles. The third-order valence-electron chi connectivity index (χ3n) is 6.50. The number of ketones is 1. The Morgan fingerprint density at radius 3 is 2.11 bits per heavy atom. The molecule has 0 unspecified atom stereocenters. The first-order valence-corrected chi connectivity index (χ1v) is 12.1. The van der Waals surface area contributed by atoms with Crippen molar-refractivity contribution in [1.82, 2.24) is 0 Å². The van der Waals surface area contributed by atoms with Gasteiger partial charge in [0.05, 0.1) is 12.2 Å². The zero-order chi connectivity index (χ0) is 24.0. The second kappa shape index (κ2) is 8.36. The van der Waals surface area contributed by atoms with Crippen molar-refractivity contribution in [2.24, 2.45) is 0 Å². The highest BCUT2D eigenvalue weighted by Gasteiger charge is 2.65. The van der Waals surface area contributed by atoms with Crippen LogP contribution in [0.4, 0.5) is 5.69 Å². The molecule has 170 valence electrons. The minimum absolute atomic E-state index is 0.212. The summed E-state index contributed by atoms with van der Waals surface area (Å²) >= 11 is 3.65. The summed E-state index contributed by atoms with van der Waals surface area (Å²) < 4.78 is 7.21. The molecule has 1 atom stereocenters. The number of ether oxygens (including phenoxy) is 1. The summed E-state index contributed by atoms with van der Waals surface area (Å²) in [5.41, 5.74) is 2.55. The molecule has 4 aromatic rings. The number of Topliss-reactive ketones (excluding diaryl/α,β-unsaturated/α-hetero) is 1. The number of carbonyl (C=O) groups is 2. The summed E-state index contributed by atoms with van der Waals surface area (Å²) in [6, 6.07) is 34.0. The standard InChI is InChI=1S/C30H20BrNO3/c31-24-18-10-17-23-26(24)32(19-20-11-4-1-5-12-20)29(34)30(23)25(27(33)21-13-6-2-7-14-21)28(35-30)22-15-8-3-9-16-22/h1-18H,19H2/t30-/m1/s1. The molecule has 0 saturated carbocycles. The highest BCUT2D eigenvalue weighted by molar-refractivity contribution is 9.10. The molecule has 1 amide bonds. The zero-order valence-corrected chi connectivity index (χ0v) is 20.2. The van der Waals surface area contributed by atoms with Crippen molar-refractivity contribution in [2.75, 3.05) is 4.90 Å². The molecular formula is C30H20BrNO3. The minimum Gasteiger partial charge on any atom is -0.466 e. The van der Waals surface area contributed by atoms with Crippen LogP contribution in [-0.2, 0) is 21.7 Å². The normalized spacial score (nSPS) is 18.3. The van der Waals surface area contributed by atoms with Crippen molar-refractivity contribution in [3.63, 3.8) is 0 Å². The smallest absolute Gasteiger partial charge is 0.281 e. The number of para-hydroxylation sites is 1. The Kier molecular flexibility index (Phi) is 5.15. The average Bonchev–Trinajstić information content (AvgIpc) is 3.14. The molecule has 2 aliphatic rings. The van der Waals surface area contributed by atoms with Gasteiger partial charge in [-0.15, -0.1) is 0 Å². The number of fused-ring (bicyclic) bond motifs is 2. The van der Waals surface area contributed by atoms with E-state index >= 15 is 0 Å². The predicted octanol–water partition coefficient (Wildman–Crippen LogP) is 6.52. The summed E-state index contributed by atoms with van der Waals surface area (Å²) in [5, 5.41) is 0. The van der Waals surface area contributed by atoms with Crippen molar-refractivity contribution >= 4 is 39.1 Å². The van der Waals surface area contributed by atoms with Crippen molar-refractivity contribution in [3.05, 3.63) is 141 Å². The van der Waals surface area contributed by atoms with E-state index in [4.69, 9.17) is 4.74 Å². The maximum Gasteiger partial charge on any atom is 0.281 e. The Balaban J connectivity index is 1.56. The molecule has 0 radical (unpaired) electrons. The van der Waals surface area contributed by atoms with E-state index in [1.54, 1.807) is 17.0 Å². The quantitative estimate of drug-likeness (QED) is 0.281. The van der Waals surface area contributed by atoms with Gasteiger partial charge in [-0.25, -0.2) is 0 Å². The van der Waals surface area contributed by atoms with Gasteiger partial charge in [0.2, 0.25) is 5.60 Å². The molecule has 6 rings (SSSR count). The van der Waals surface area contributed by atoms with E-state index in [9.17, 15) is 9.59 Å². The molecule has 0 aliphatic carbocycles. The Morgan fingerprint density at radius 2 is 1.43 bits per heavy atom. The molecule has 35 heavy (non-hydrogen) atoms. The minimum atomic E-state index is -1.49. The highest BCUT2D eigenvalue weighted by atomic mass is 79.9. The largest absolute Gasteiger partial charge is 0.466 e. The summed E-state index contributed by atoms with van der Waals surface area (Å²) in [6.45, 7) is 0.369. The Bertz CT molecular complexity index is 1480. The van der Waals surface area contributed by atoms with Gasteiger partial charge in [-0.2, -0.15) is 0 Å². The van der Waals surface area contributed by atoms with Crippen molar-refractivity contribution in [1.29, 1.82) is 0 Å². The van der Waals surface area contributed by atoms with Gasteiger partial charge in [-0.3, -0.25) is 9.59 Å². The van der Waals surface area contributed by atoms with Crippen LogP contribution >= 0.6 is 15.9 Å². The Morgan fingerprint density at radius 1 is 0.800 bits per heavy atom. The number of benzene rings is 4. The second-order valence-corrected chi connectivity index (χ2v) is 9.42. The van der Waals surface area contributed by atoms with Crippen molar-refractivity contribution < 1.29 is 14.3 Å². The van der Waals surface area contributed by atoms with Gasteiger partial charge in [-0.05, 0) is 27.6 Å².